The first kappa shape index (κ1) is 11.6. The van der Waals surface area contributed by atoms with Gasteiger partial charge in [-0.3, -0.25) is 4.79 Å². The normalized spacial score (nSPS) is 12.1. The lowest BCUT2D eigenvalue weighted by Crippen LogP contribution is -2.07. The molecule has 0 heterocycles. The Balaban J connectivity index is 2.39. The van der Waals surface area contributed by atoms with Crippen LogP contribution in [0.25, 0.3) is 11.1 Å². The minimum absolute atomic E-state index is 0.241. The Labute approximate surface area is 101 Å². The van der Waals surface area contributed by atoms with Gasteiger partial charge in [-0.15, -0.1) is 0 Å². The predicted octanol–water partition coefficient (Wildman–Crippen LogP) is 2.98. The number of carbonyl (C=O) groups excluding carboxylic acids is 1. The van der Waals surface area contributed by atoms with Crippen molar-refractivity contribution < 1.29 is 9.90 Å². The topological polar surface area (TPSA) is 37.3 Å². The van der Waals surface area contributed by atoms with Crippen LogP contribution in [0, 0.1) is 0 Å². The molecule has 1 atom stereocenters. The molecule has 0 saturated heterocycles. The van der Waals surface area contributed by atoms with Gasteiger partial charge >= 0.3 is 0 Å². The molecule has 0 radical (unpaired) electrons. The quantitative estimate of drug-likeness (QED) is 0.873. The second-order valence-corrected chi connectivity index (χ2v) is 4.00. The van der Waals surface area contributed by atoms with Crippen molar-refractivity contribution in [2.24, 2.45) is 0 Å². The van der Waals surface area contributed by atoms with Crippen LogP contribution < -0.4 is 0 Å². The molecular weight excluding hydrogens is 212 g/mol. The number of ketones is 1. The average molecular weight is 226 g/mol. The van der Waals surface area contributed by atoms with Crippen LogP contribution in [0.2, 0.25) is 0 Å². The lowest BCUT2D eigenvalue weighted by Gasteiger charge is -2.09. The molecule has 0 saturated carbocycles. The first-order chi connectivity index (χ1) is 8.18. The fraction of sp³-hybridized carbons (Fsp3) is 0.133. The standard InChI is InChI=1S/C15H14O2/c1-11(16)15(17)14-9-5-8-13(10-14)12-6-3-2-4-7-12/h2-10,15,17H,1H3. The monoisotopic (exact) mass is 226 g/mol. The maximum absolute atomic E-state index is 11.1. The van der Waals surface area contributed by atoms with Crippen molar-refractivity contribution in [3.8, 4) is 11.1 Å². The number of aliphatic hydroxyl groups excluding tert-OH is 1. The molecule has 0 aliphatic carbocycles. The number of rotatable bonds is 3. The maximum atomic E-state index is 11.1. The van der Waals surface area contributed by atoms with Gasteiger partial charge in [0.05, 0.1) is 0 Å². The van der Waals surface area contributed by atoms with Gasteiger partial charge in [-0.2, -0.15) is 0 Å². The Kier molecular flexibility index (Phi) is 3.35. The predicted molar refractivity (Wildman–Crippen MR) is 67.5 cm³/mol. The van der Waals surface area contributed by atoms with E-state index in [9.17, 15) is 9.90 Å². The Morgan fingerprint density at radius 1 is 1.00 bits per heavy atom. The summed E-state index contributed by atoms with van der Waals surface area (Å²) in [6, 6.07) is 17.3. The fourth-order valence-electron chi connectivity index (χ4n) is 1.75. The van der Waals surface area contributed by atoms with Gasteiger partial charge in [0.1, 0.15) is 6.10 Å². The van der Waals surface area contributed by atoms with Crippen molar-refractivity contribution in [1.82, 2.24) is 0 Å². The second kappa shape index (κ2) is 4.93. The summed E-state index contributed by atoms with van der Waals surface area (Å²) in [6.07, 6.45) is -1.03. The van der Waals surface area contributed by atoms with Crippen molar-refractivity contribution in [1.29, 1.82) is 0 Å². The highest BCUT2D eigenvalue weighted by Gasteiger charge is 2.12. The summed E-state index contributed by atoms with van der Waals surface area (Å²) >= 11 is 0. The maximum Gasteiger partial charge on any atom is 0.162 e. The highest BCUT2D eigenvalue weighted by Crippen LogP contribution is 2.23. The molecule has 1 N–H and O–H groups in total. The van der Waals surface area contributed by atoms with E-state index in [0.29, 0.717) is 5.56 Å². The largest absolute Gasteiger partial charge is 0.381 e. The molecule has 2 nitrogen and oxygen atoms in total. The van der Waals surface area contributed by atoms with Gasteiger partial charge in [-0.25, -0.2) is 0 Å². The zero-order chi connectivity index (χ0) is 12.3. The molecule has 0 aliphatic heterocycles. The van der Waals surface area contributed by atoms with Gasteiger partial charge in [-0.1, -0.05) is 48.5 Å². The van der Waals surface area contributed by atoms with Gasteiger partial charge in [-0.05, 0) is 29.7 Å². The zero-order valence-electron chi connectivity index (χ0n) is 9.63. The Morgan fingerprint density at radius 3 is 2.29 bits per heavy atom. The summed E-state index contributed by atoms with van der Waals surface area (Å²) in [6.45, 7) is 1.39. The molecule has 1 unspecified atom stereocenters. The van der Waals surface area contributed by atoms with E-state index >= 15 is 0 Å². The third-order valence-electron chi connectivity index (χ3n) is 2.69. The van der Waals surface area contributed by atoms with Crippen LogP contribution in [0.5, 0.6) is 0 Å². The van der Waals surface area contributed by atoms with Crippen molar-refractivity contribution in [3.63, 3.8) is 0 Å². The Bertz CT molecular complexity index is 517. The van der Waals surface area contributed by atoms with Gasteiger partial charge in [0.15, 0.2) is 5.78 Å². The lowest BCUT2D eigenvalue weighted by atomic mass is 9.99. The van der Waals surface area contributed by atoms with E-state index in [4.69, 9.17) is 0 Å². The molecular formula is C15H14O2. The molecule has 0 aliphatic rings. The first-order valence-electron chi connectivity index (χ1n) is 5.52. The fourth-order valence-corrected chi connectivity index (χ4v) is 1.75. The Hall–Kier alpha value is -1.93. The van der Waals surface area contributed by atoms with E-state index in [1.807, 2.05) is 48.5 Å². The van der Waals surface area contributed by atoms with Gasteiger partial charge in [0.2, 0.25) is 0 Å². The number of benzene rings is 2. The number of aliphatic hydroxyl groups is 1. The first-order valence-corrected chi connectivity index (χ1v) is 5.52. The van der Waals surface area contributed by atoms with Crippen LogP contribution >= 0.6 is 0 Å². The van der Waals surface area contributed by atoms with Crippen molar-refractivity contribution in [3.05, 3.63) is 60.2 Å². The SMILES string of the molecule is CC(=O)C(O)c1cccc(-c2ccccc2)c1. The Morgan fingerprint density at radius 2 is 1.65 bits per heavy atom. The van der Waals surface area contributed by atoms with Gasteiger partial charge in [0.25, 0.3) is 0 Å². The minimum Gasteiger partial charge on any atom is -0.381 e. The molecule has 2 rings (SSSR count). The third-order valence-corrected chi connectivity index (χ3v) is 2.69. The number of hydrogen-bond donors (Lipinski definition) is 1. The molecule has 86 valence electrons. The van der Waals surface area contributed by atoms with Crippen LogP contribution in [0.1, 0.15) is 18.6 Å². The van der Waals surface area contributed by atoms with Crippen LogP contribution in [-0.4, -0.2) is 10.9 Å². The summed E-state index contributed by atoms with van der Waals surface area (Å²) in [5.41, 5.74) is 2.72. The van der Waals surface area contributed by atoms with Crippen molar-refractivity contribution >= 4 is 5.78 Å². The van der Waals surface area contributed by atoms with E-state index in [1.54, 1.807) is 6.07 Å². The number of hydrogen-bond acceptors (Lipinski definition) is 2. The van der Waals surface area contributed by atoms with E-state index in [2.05, 4.69) is 0 Å². The van der Waals surface area contributed by atoms with Crippen molar-refractivity contribution in [2.45, 2.75) is 13.0 Å². The molecule has 17 heavy (non-hydrogen) atoms. The third kappa shape index (κ3) is 2.60. The van der Waals surface area contributed by atoms with Crippen LogP contribution in [-0.2, 0) is 4.79 Å². The van der Waals surface area contributed by atoms with Gasteiger partial charge < -0.3 is 5.11 Å². The average Bonchev–Trinajstić information content (AvgIpc) is 2.39. The van der Waals surface area contributed by atoms with Crippen molar-refractivity contribution in [2.75, 3.05) is 0 Å². The smallest absolute Gasteiger partial charge is 0.162 e. The molecule has 0 aromatic heterocycles. The number of carbonyl (C=O) groups is 1. The van der Waals surface area contributed by atoms with E-state index in [1.165, 1.54) is 6.92 Å². The summed E-state index contributed by atoms with van der Waals surface area (Å²) in [7, 11) is 0. The summed E-state index contributed by atoms with van der Waals surface area (Å²) in [4.78, 5) is 11.1. The van der Waals surface area contributed by atoms with E-state index < -0.39 is 6.10 Å². The minimum atomic E-state index is -1.03. The van der Waals surface area contributed by atoms with Gasteiger partial charge in [0, 0.05) is 0 Å². The molecule has 0 amide bonds. The zero-order valence-corrected chi connectivity index (χ0v) is 9.63. The highest BCUT2D eigenvalue weighted by molar-refractivity contribution is 5.82. The molecule has 0 spiro atoms. The molecule has 0 fully saturated rings. The highest BCUT2D eigenvalue weighted by atomic mass is 16.3. The molecule has 2 heteroatoms. The number of Topliss-reactive ketones (excluding diaryl/α,β-unsaturated/α-hetero) is 1. The van der Waals surface area contributed by atoms with Crippen LogP contribution in [0.15, 0.2) is 54.6 Å². The molecule has 0 bridgehead atoms. The van der Waals surface area contributed by atoms with Crippen LogP contribution in [0.4, 0.5) is 0 Å². The lowest BCUT2D eigenvalue weighted by molar-refractivity contribution is -0.125. The summed E-state index contributed by atoms with van der Waals surface area (Å²) in [5.74, 6) is -0.241. The van der Waals surface area contributed by atoms with E-state index in [0.717, 1.165) is 11.1 Å². The van der Waals surface area contributed by atoms with Crippen LogP contribution in [0.3, 0.4) is 0 Å². The molecule has 2 aromatic rings. The molecule has 2 aromatic carbocycles. The summed E-state index contributed by atoms with van der Waals surface area (Å²) < 4.78 is 0. The summed E-state index contributed by atoms with van der Waals surface area (Å²) in [5, 5.41) is 9.72. The second-order valence-electron chi connectivity index (χ2n) is 4.00. The van der Waals surface area contributed by atoms with E-state index in [-0.39, 0.29) is 5.78 Å².